The molecule has 2 aromatic rings. The van der Waals surface area contributed by atoms with Gasteiger partial charge in [0.25, 0.3) is 5.91 Å². The van der Waals surface area contributed by atoms with E-state index in [1.807, 2.05) is 36.4 Å². The summed E-state index contributed by atoms with van der Waals surface area (Å²) in [6.07, 6.45) is 13.0. The number of amides is 1. The van der Waals surface area contributed by atoms with Gasteiger partial charge in [0.1, 0.15) is 0 Å². The van der Waals surface area contributed by atoms with Crippen LogP contribution in [0.3, 0.4) is 0 Å². The van der Waals surface area contributed by atoms with Gasteiger partial charge in [-0.2, -0.15) is 0 Å². The van der Waals surface area contributed by atoms with Gasteiger partial charge in [0.05, 0.1) is 10.6 Å². The number of hydrogen-bond donors (Lipinski definition) is 2. The highest BCUT2D eigenvalue weighted by atomic mass is 32.1. The molecular formula is C23H34N2OS. The summed E-state index contributed by atoms with van der Waals surface area (Å²) in [5.74, 6) is -0.0538. The van der Waals surface area contributed by atoms with Gasteiger partial charge in [-0.3, -0.25) is 4.79 Å². The fourth-order valence-electron chi connectivity index (χ4n) is 3.24. The quantitative estimate of drug-likeness (QED) is 0.379. The average Bonchev–Trinajstić information content (AvgIpc) is 3.08. The Bertz CT molecular complexity index is 666. The molecule has 0 saturated carbocycles. The van der Waals surface area contributed by atoms with Gasteiger partial charge in [-0.1, -0.05) is 95.0 Å². The van der Waals surface area contributed by atoms with Gasteiger partial charge in [0.15, 0.2) is 0 Å². The lowest BCUT2D eigenvalue weighted by Gasteiger charge is -2.05. The van der Waals surface area contributed by atoms with E-state index < -0.39 is 0 Å². The van der Waals surface area contributed by atoms with Crippen LogP contribution in [0.15, 0.2) is 36.4 Å². The molecule has 1 heterocycles. The Morgan fingerprint density at radius 1 is 0.926 bits per heavy atom. The van der Waals surface area contributed by atoms with E-state index in [1.165, 1.54) is 69.1 Å². The summed E-state index contributed by atoms with van der Waals surface area (Å²) in [7, 11) is 0. The van der Waals surface area contributed by atoms with E-state index in [2.05, 4.69) is 12.2 Å². The number of benzene rings is 1. The number of hydrogen-bond acceptors (Lipinski definition) is 3. The third-order valence-corrected chi connectivity index (χ3v) is 5.89. The molecule has 0 aliphatic heterocycles. The van der Waals surface area contributed by atoms with Crippen LogP contribution in [0.4, 0.5) is 5.00 Å². The average molecular weight is 387 g/mol. The van der Waals surface area contributed by atoms with Crippen molar-refractivity contribution in [3.8, 4) is 10.4 Å². The molecule has 148 valence electrons. The van der Waals surface area contributed by atoms with Gasteiger partial charge in [-0.25, -0.2) is 0 Å². The molecule has 0 radical (unpaired) electrons. The first-order valence-electron chi connectivity index (χ1n) is 10.4. The van der Waals surface area contributed by atoms with Crippen LogP contribution in [0.2, 0.25) is 0 Å². The number of nitrogens with two attached hydrogens (primary N) is 1. The second-order valence-electron chi connectivity index (χ2n) is 7.19. The van der Waals surface area contributed by atoms with Gasteiger partial charge in [0, 0.05) is 11.4 Å². The van der Waals surface area contributed by atoms with Crippen molar-refractivity contribution >= 4 is 22.2 Å². The normalized spacial score (nSPS) is 10.9. The predicted molar refractivity (Wildman–Crippen MR) is 118 cm³/mol. The van der Waals surface area contributed by atoms with Crippen molar-refractivity contribution in [2.24, 2.45) is 0 Å². The second kappa shape index (κ2) is 12.6. The van der Waals surface area contributed by atoms with Crippen molar-refractivity contribution < 1.29 is 4.79 Å². The molecule has 1 aromatic heterocycles. The van der Waals surface area contributed by atoms with Gasteiger partial charge >= 0.3 is 0 Å². The lowest BCUT2D eigenvalue weighted by molar-refractivity contribution is 0.0954. The molecule has 0 atom stereocenters. The lowest BCUT2D eigenvalue weighted by atomic mass is 10.1. The number of nitrogen functional groups attached to an aromatic ring is 1. The molecule has 3 nitrogen and oxygen atoms in total. The Hall–Kier alpha value is -1.81. The van der Waals surface area contributed by atoms with E-state index in [-0.39, 0.29) is 5.91 Å². The van der Waals surface area contributed by atoms with Crippen LogP contribution in [-0.4, -0.2) is 12.5 Å². The summed E-state index contributed by atoms with van der Waals surface area (Å²) in [5.41, 5.74) is 7.77. The van der Waals surface area contributed by atoms with E-state index in [0.717, 1.165) is 23.4 Å². The second-order valence-corrected chi connectivity index (χ2v) is 8.28. The highest BCUT2D eigenvalue weighted by Crippen LogP contribution is 2.33. The molecule has 0 fully saturated rings. The minimum absolute atomic E-state index is 0.0538. The third-order valence-electron chi connectivity index (χ3n) is 4.88. The maximum atomic E-state index is 12.4. The lowest BCUT2D eigenvalue weighted by Crippen LogP contribution is -2.24. The molecule has 27 heavy (non-hydrogen) atoms. The molecule has 2 rings (SSSR count). The topological polar surface area (TPSA) is 55.1 Å². The van der Waals surface area contributed by atoms with Crippen molar-refractivity contribution in [2.45, 2.75) is 71.1 Å². The molecule has 0 aliphatic rings. The highest BCUT2D eigenvalue weighted by molar-refractivity contribution is 7.19. The fraction of sp³-hybridized carbons (Fsp3) is 0.522. The monoisotopic (exact) mass is 386 g/mol. The van der Waals surface area contributed by atoms with Crippen LogP contribution in [0.1, 0.15) is 81.5 Å². The van der Waals surface area contributed by atoms with E-state index in [9.17, 15) is 4.79 Å². The summed E-state index contributed by atoms with van der Waals surface area (Å²) in [6, 6.07) is 12.0. The van der Waals surface area contributed by atoms with Crippen molar-refractivity contribution in [1.29, 1.82) is 0 Å². The number of carbonyl (C=O) groups excluding carboxylic acids is 1. The smallest absolute Gasteiger partial charge is 0.254 e. The molecule has 3 N–H and O–H groups in total. The number of thiophene rings is 1. The van der Waals surface area contributed by atoms with Crippen molar-refractivity contribution in [3.63, 3.8) is 0 Å². The van der Waals surface area contributed by atoms with Crippen LogP contribution in [0.25, 0.3) is 10.4 Å². The van der Waals surface area contributed by atoms with Crippen LogP contribution in [0.5, 0.6) is 0 Å². The van der Waals surface area contributed by atoms with Crippen LogP contribution in [-0.2, 0) is 0 Å². The van der Waals surface area contributed by atoms with Crippen molar-refractivity contribution in [2.75, 3.05) is 12.3 Å². The maximum absolute atomic E-state index is 12.4. The summed E-state index contributed by atoms with van der Waals surface area (Å²) in [4.78, 5) is 13.4. The molecule has 1 aromatic carbocycles. The molecule has 0 bridgehead atoms. The van der Waals surface area contributed by atoms with Crippen molar-refractivity contribution in [3.05, 3.63) is 42.0 Å². The SMILES string of the molecule is CCCCCCCCCCCCNC(=O)c1cc(-c2ccccc2)sc1N. The van der Waals surface area contributed by atoms with Crippen molar-refractivity contribution in [1.82, 2.24) is 5.32 Å². The number of anilines is 1. The van der Waals surface area contributed by atoms with E-state index >= 15 is 0 Å². The van der Waals surface area contributed by atoms with Gasteiger partial charge < -0.3 is 11.1 Å². The summed E-state index contributed by atoms with van der Waals surface area (Å²) in [6.45, 7) is 2.99. The van der Waals surface area contributed by atoms with E-state index in [1.54, 1.807) is 0 Å². The zero-order valence-corrected chi connectivity index (χ0v) is 17.5. The van der Waals surface area contributed by atoms with Gasteiger partial charge in [-0.15, -0.1) is 11.3 Å². The Labute approximate surface area is 168 Å². The predicted octanol–water partition coefficient (Wildman–Crippen LogP) is 6.65. The Morgan fingerprint density at radius 3 is 2.15 bits per heavy atom. The Morgan fingerprint density at radius 2 is 1.52 bits per heavy atom. The fourth-order valence-corrected chi connectivity index (χ4v) is 4.17. The Balaban J connectivity index is 1.60. The standard InChI is InChI=1S/C23H34N2OS/c1-2-3-4-5-6-7-8-9-10-14-17-25-23(26)20-18-21(27-22(20)24)19-15-12-11-13-16-19/h11-13,15-16,18H,2-10,14,17,24H2,1H3,(H,25,26). The van der Waals surface area contributed by atoms with Crippen LogP contribution < -0.4 is 11.1 Å². The summed E-state index contributed by atoms with van der Waals surface area (Å²) in [5, 5.41) is 3.61. The van der Waals surface area contributed by atoms with Gasteiger partial charge in [0.2, 0.25) is 0 Å². The van der Waals surface area contributed by atoms with E-state index in [0.29, 0.717) is 10.6 Å². The number of nitrogens with one attached hydrogen (secondary N) is 1. The first kappa shape index (κ1) is 21.5. The number of rotatable bonds is 13. The zero-order chi connectivity index (χ0) is 19.3. The zero-order valence-electron chi connectivity index (χ0n) is 16.6. The largest absolute Gasteiger partial charge is 0.390 e. The molecule has 0 unspecified atom stereocenters. The Kier molecular flexibility index (Phi) is 9.99. The number of carbonyl (C=O) groups is 1. The first-order chi connectivity index (χ1) is 13.2. The first-order valence-corrected chi connectivity index (χ1v) is 11.3. The maximum Gasteiger partial charge on any atom is 0.254 e. The summed E-state index contributed by atoms with van der Waals surface area (Å²) < 4.78 is 0. The summed E-state index contributed by atoms with van der Waals surface area (Å²) >= 11 is 1.47. The molecule has 1 amide bonds. The van der Waals surface area contributed by atoms with Crippen LogP contribution >= 0.6 is 11.3 Å². The minimum atomic E-state index is -0.0538. The highest BCUT2D eigenvalue weighted by Gasteiger charge is 2.14. The third kappa shape index (κ3) is 7.76. The van der Waals surface area contributed by atoms with E-state index in [4.69, 9.17) is 5.73 Å². The number of unbranched alkanes of at least 4 members (excludes halogenated alkanes) is 9. The van der Waals surface area contributed by atoms with Crippen LogP contribution in [0, 0.1) is 0 Å². The molecule has 0 saturated heterocycles. The molecule has 4 heteroatoms. The molecular weight excluding hydrogens is 352 g/mol. The molecule has 0 aliphatic carbocycles. The minimum Gasteiger partial charge on any atom is -0.390 e. The molecule has 0 spiro atoms. The van der Waals surface area contributed by atoms with Gasteiger partial charge in [-0.05, 0) is 18.1 Å².